The molecule has 0 aromatic rings. The highest BCUT2D eigenvalue weighted by Gasteiger charge is 2.22. The third-order valence-corrected chi connectivity index (χ3v) is 5.14. The molecular weight excluding hydrogens is 402 g/mol. The van der Waals surface area contributed by atoms with Crippen molar-refractivity contribution in [2.75, 3.05) is 6.61 Å². The van der Waals surface area contributed by atoms with E-state index in [-0.39, 0.29) is 0 Å². The molecular formula is C27H47NO4. The fourth-order valence-corrected chi connectivity index (χ4v) is 3.10. The first-order valence-corrected chi connectivity index (χ1v) is 12.5. The predicted molar refractivity (Wildman–Crippen MR) is 134 cm³/mol. The Hall–Kier alpha value is -1.69. The zero-order chi connectivity index (χ0) is 23.9. The van der Waals surface area contributed by atoms with Crippen LogP contribution in [0.4, 0.5) is 0 Å². The van der Waals surface area contributed by atoms with Gasteiger partial charge in [-0.05, 0) is 57.8 Å². The van der Waals surface area contributed by atoms with Gasteiger partial charge in [0.05, 0.1) is 18.8 Å². The van der Waals surface area contributed by atoms with Crippen LogP contribution < -0.4 is 5.32 Å². The Morgan fingerprint density at radius 2 is 1.38 bits per heavy atom. The van der Waals surface area contributed by atoms with Gasteiger partial charge in [0.25, 0.3) is 0 Å². The maximum atomic E-state index is 12.2. The summed E-state index contributed by atoms with van der Waals surface area (Å²) in [5, 5.41) is 32.3. The Kier molecular flexibility index (Phi) is 21.3. The van der Waals surface area contributed by atoms with Gasteiger partial charge < -0.3 is 20.6 Å². The van der Waals surface area contributed by atoms with Crippen molar-refractivity contribution in [3.05, 3.63) is 48.6 Å². The summed E-state index contributed by atoms with van der Waals surface area (Å²) >= 11 is 0. The van der Waals surface area contributed by atoms with E-state index >= 15 is 0 Å². The van der Waals surface area contributed by atoms with Crippen molar-refractivity contribution in [2.45, 2.75) is 109 Å². The highest BCUT2D eigenvalue weighted by molar-refractivity contribution is 5.80. The zero-order valence-corrected chi connectivity index (χ0v) is 20.3. The number of unbranched alkanes of at least 4 members (excludes halogenated alkanes) is 6. The summed E-state index contributed by atoms with van der Waals surface area (Å²) in [4.78, 5) is 12.2. The molecule has 0 heterocycles. The monoisotopic (exact) mass is 449 g/mol. The molecule has 0 fully saturated rings. The number of carbonyl (C=O) groups is 1. The van der Waals surface area contributed by atoms with Gasteiger partial charge in [0, 0.05) is 0 Å². The molecule has 32 heavy (non-hydrogen) atoms. The molecule has 0 aliphatic rings. The second-order valence-electron chi connectivity index (χ2n) is 8.14. The van der Waals surface area contributed by atoms with Crippen LogP contribution in [0.25, 0.3) is 0 Å². The summed E-state index contributed by atoms with van der Waals surface area (Å²) in [7, 11) is 0. The molecule has 0 aromatic heterocycles. The molecule has 0 saturated carbocycles. The molecule has 3 unspecified atom stereocenters. The molecule has 0 aromatic carbocycles. The average Bonchev–Trinajstić information content (AvgIpc) is 2.79. The highest BCUT2D eigenvalue weighted by atomic mass is 16.3. The van der Waals surface area contributed by atoms with E-state index in [2.05, 4.69) is 49.5 Å². The van der Waals surface area contributed by atoms with Crippen molar-refractivity contribution in [2.24, 2.45) is 0 Å². The molecule has 184 valence electrons. The molecule has 0 aliphatic carbocycles. The molecule has 3 atom stereocenters. The first-order chi connectivity index (χ1) is 15.6. The van der Waals surface area contributed by atoms with E-state index in [4.69, 9.17) is 0 Å². The van der Waals surface area contributed by atoms with E-state index in [9.17, 15) is 20.1 Å². The van der Waals surface area contributed by atoms with Gasteiger partial charge in [-0.1, -0.05) is 81.7 Å². The van der Waals surface area contributed by atoms with Crippen LogP contribution in [0.2, 0.25) is 0 Å². The van der Waals surface area contributed by atoms with E-state index in [0.29, 0.717) is 12.8 Å². The number of hydrogen-bond donors (Lipinski definition) is 4. The minimum absolute atomic E-state index is 0.321. The van der Waals surface area contributed by atoms with Gasteiger partial charge in [0.2, 0.25) is 5.91 Å². The van der Waals surface area contributed by atoms with Crippen molar-refractivity contribution >= 4 is 5.91 Å². The van der Waals surface area contributed by atoms with E-state index in [1.165, 1.54) is 25.7 Å². The van der Waals surface area contributed by atoms with Crippen molar-refractivity contribution in [1.82, 2.24) is 5.32 Å². The van der Waals surface area contributed by atoms with Gasteiger partial charge in [-0.25, -0.2) is 0 Å². The number of rotatable bonds is 20. The number of allylic oxidation sites excluding steroid dienone is 7. The molecule has 0 radical (unpaired) electrons. The summed E-state index contributed by atoms with van der Waals surface area (Å²) in [5.41, 5.74) is 0. The standard InChI is InChI=1S/C27H47NO4/c1-3-5-7-9-11-13-14-16-17-19-21-25(30)24(23-29)28-27(32)26(31)22-20-18-15-12-10-8-6-4-2/h5,7,13-15,18-19,21,24-26,29-31H,3-4,6,8-12,16-17,20,22-23H2,1-2H3,(H,28,32)/b7-5+,14-13+,18-15-,21-19+. The van der Waals surface area contributed by atoms with Gasteiger partial charge in [-0.3, -0.25) is 4.79 Å². The molecule has 0 aliphatic heterocycles. The quantitative estimate of drug-likeness (QED) is 0.153. The summed E-state index contributed by atoms with van der Waals surface area (Å²) in [6.07, 6.45) is 25.7. The summed E-state index contributed by atoms with van der Waals surface area (Å²) in [6.45, 7) is 3.91. The number of hydrogen-bond acceptors (Lipinski definition) is 4. The van der Waals surface area contributed by atoms with Gasteiger partial charge in [-0.2, -0.15) is 0 Å². The fourth-order valence-electron chi connectivity index (χ4n) is 3.10. The SMILES string of the molecule is CC/C=C/CC/C=C/CC/C=C/C(O)C(CO)NC(=O)C(O)CC/C=C\CCCCCC. The van der Waals surface area contributed by atoms with Crippen LogP contribution in [-0.4, -0.2) is 46.1 Å². The fraction of sp³-hybridized carbons (Fsp3) is 0.667. The summed E-state index contributed by atoms with van der Waals surface area (Å²) < 4.78 is 0. The predicted octanol–water partition coefficient (Wildman–Crippen LogP) is 5.13. The van der Waals surface area contributed by atoms with Crippen molar-refractivity contribution in [3.8, 4) is 0 Å². The highest BCUT2D eigenvalue weighted by Crippen LogP contribution is 2.06. The second-order valence-corrected chi connectivity index (χ2v) is 8.14. The van der Waals surface area contributed by atoms with Crippen LogP contribution >= 0.6 is 0 Å². The Bertz CT molecular complexity index is 554. The molecule has 0 rings (SSSR count). The van der Waals surface area contributed by atoms with Gasteiger partial charge >= 0.3 is 0 Å². The van der Waals surface area contributed by atoms with Crippen LogP contribution in [0.15, 0.2) is 48.6 Å². The van der Waals surface area contributed by atoms with Gasteiger partial charge in [0.15, 0.2) is 0 Å². The Labute approximate surface area is 196 Å². The van der Waals surface area contributed by atoms with E-state index in [1.807, 2.05) is 12.2 Å². The minimum atomic E-state index is -1.15. The number of aliphatic hydroxyl groups excluding tert-OH is 3. The van der Waals surface area contributed by atoms with Crippen LogP contribution in [0.3, 0.4) is 0 Å². The second kappa shape index (κ2) is 22.5. The first kappa shape index (κ1) is 30.3. The zero-order valence-electron chi connectivity index (χ0n) is 20.3. The van der Waals surface area contributed by atoms with E-state index in [0.717, 1.165) is 38.5 Å². The van der Waals surface area contributed by atoms with E-state index < -0.39 is 30.8 Å². The average molecular weight is 450 g/mol. The van der Waals surface area contributed by atoms with Gasteiger partial charge in [-0.15, -0.1) is 0 Å². The lowest BCUT2D eigenvalue weighted by Gasteiger charge is -2.21. The number of nitrogens with one attached hydrogen (secondary N) is 1. The number of aliphatic hydroxyl groups is 3. The smallest absolute Gasteiger partial charge is 0.249 e. The summed E-state index contributed by atoms with van der Waals surface area (Å²) in [5.74, 6) is -0.562. The van der Waals surface area contributed by atoms with E-state index in [1.54, 1.807) is 6.08 Å². The lowest BCUT2D eigenvalue weighted by molar-refractivity contribution is -0.131. The lowest BCUT2D eigenvalue weighted by atomic mass is 10.1. The third-order valence-electron chi connectivity index (χ3n) is 5.14. The Morgan fingerprint density at radius 3 is 2.00 bits per heavy atom. The minimum Gasteiger partial charge on any atom is -0.394 e. The maximum Gasteiger partial charge on any atom is 0.249 e. The summed E-state index contributed by atoms with van der Waals surface area (Å²) in [6, 6.07) is -0.830. The first-order valence-electron chi connectivity index (χ1n) is 12.5. The molecule has 0 bridgehead atoms. The Balaban J connectivity index is 4.10. The van der Waals surface area contributed by atoms with Crippen LogP contribution in [0.1, 0.15) is 90.9 Å². The third kappa shape index (κ3) is 17.9. The largest absolute Gasteiger partial charge is 0.394 e. The van der Waals surface area contributed by atoms with Crippen LogP contribution in [0, 0.1) is 0 Å². The molecule has 4 N–H and O–H groups in total. The van der Waals surface area contributed by atoms with Gasteiger partial charge in [0.1, 0.15) is 6.10 Å². The Morgan fingerprint density at radius 1 is 0.781 bits per heavy atom. The molecule has 1 amide bonds. The van der Waals surface area contributed by atoms with Crippen LogP contribution in [0.5, 0.6) is 0 Å². The molecule has 0 saturated heterocycles. The molecule has 5 nitrogen and oxygen atoms in total. The topological polar surface area (TPSA) is 89.8 Å². The number of carbonyl (C=O) groups excluding carboxylic acids is 1. The maximum absolute atomic E-state index is 12.2. The van der Waals surface area contributed by atoms with Crippen molar-refractivity contribution < 1.29 is 20.1 Å². The van der Waals surface area contributed by atoms with Crippen molar-refractivity contribution in [1.29, 1.82) is 0 Å². The normalized spacial score (nSPS) is 15.3. The molecule has 5 heteroatoms. The van der Waals surface area contributed by atoms with Crippen LogP contribution in [-0.2, 0) is 4.79 Å². The lowest BCUT2D eigenvalue weighted by Crippen LogP contribution is -2.48. The molecule has 0 spiro atoms. The van der Waals surface area contributed by atoms with Crippen molar-refractivity contribution in [3.63, 3.8) is 0 Å². The number of amides is 1.